The third-order valence-electron chi connectivity index (χ3n) is 4.47. The highest BCUT2D eigenvalue weighted by atomic mass is 32.2. The van der Waals surface area contributed by atoms with Crippen LogP contribution in [0.4, 0.5) is 0 Å². The normalized spacial score (nSPS) is 17.4. The van der Waals surface area contributed by atoms with Crippen LogP contribution in [0.3, 0.4) is 0 Å². The van der Waals surface area contributed by atoms with Gasteiger partial charge in [-0.25, -0.2) is 0 Å². The zero-order valence-corrected chi connectivity index (χ0v) is 16.8. The first-order valence-corrected chi connectivity index (χ1v) is 9.92. The molecule has 1 heterocycles. The number of benzene rings is 2. The quantitative estimate of drug-likeness (QED) is 0.563. The molecule has 0 spiro atoms. The molecule has 0 unspecified atom stereocenters. The van der Waals surface area contributed by atoms with Gasteiger partial charge in [0.05, 0.1) is 18.7 Å². The van der Waals surface area contributed by atoms with E-state index in [1.54, 1.807) is 18.9 Å². The van der Waals surface area contributed by atoms with Gasteiger partial charge in [-0.3, -0.25) is 4.79 Å². The molecule has 0 radical (unpaired) electrons. The van der Waals surface area contributed by atoms with Gasteiger partial charge in [-0.2, -0.15) is 0 Å². The molecule has 0 aliphatic carbocycles. The fraction of sp³-hybridized carbons (Fsp3) is 0.318. The van der Waals surface area contributed by atoms with E-state index < -0.39 is 0 Å². The average molecular weight is 384 g/mol. The summed E-state index contributed by atoms with van der Waals surface area (Å²) in [6.07, 6.45) is 2.52. The Kier molecular flexibility index (Phi) is 5.80. The number of nitrogens with one attached hydrogen (secondary N) is 1. The molecule has 3 rings (SSSR count). The fourth-order valence-electron chi connectivity index (χ4n) is 3.25. The lowest BCUT2D eigenvalue weighted by Gasteiger charge is -2.38. The average Bonchev–Trinajstić information content (AvgIpc) is 2.65. The molecular formula is C22H25NO3S. The molecule has 27 heavy (non-hydrogen) atoms. The summed E-state index contributed by atoms with van der Waals surface area (Å²) in [6, 6.07) is 13.2. The van der Waals surface area contributed by atoms with Crippen LogP contribution in [0.2, 0.25) is 0 Å². The Labute approximate surface area is 165 Å². The minimum Gasteiger partial charge on any atom is -0.497 e. The largest absolute Gasteiger partial charge is 0.497 e. The smallest absolute Gasteiger partial charge is 0.252 e. The number of hydrogen-bond donors (Lipinski definition) is 1. The lowest BCUT2D eigenvalue weighted by Crippen LogP contribution is -2.41. The van der Waals surface area contributed by atoms with Crippen LogP contribution in [0.25, 0.3) is 0 Å². The molecule has 1 aliphatic rings. The van der Waals surface area contributed by atoms with Gasteiger partial charge in [0, 0.05) is 22.6 Å². The lowest BCUT2D eigenvalue weighted by atomic mass is 9.89. The van der Waals surface area contributed by atoms with Crippen LogP contribution in [0.1, 0.15) is 42.2 Å². The van der Waals surface area contributed by atoms with E-state index in [0.717, 1.165) is 27.7 Å². The number of carbonyl (C=O) groups is 1. The minimum atomic E-state index is -0.364. The van der Waals surface area contributed by atoms with E-state index >= 15 is 0 Å². The van der Waals surface area contributed by atoms with Gasteiger partial charge in [-0.1, -0.05) is 18.2 Å². The second-order valence-corrected chi connectivity index (χ2v) is 8.15. The number of amides is 1. The van der Waals surface area contributed by atoms with Crippen LogP contribution in [0.5, 0.6) is 11.5 Å². The van der Waals surface area contributed by atoms with Crippen molar-refractivity contribution in [3.63, 3.8) is 0 Å². The van der Waals surface area contributed by atoms with Crippen molar-refractivity contribution in [3.8, 4) is 11.5 Å². The summed E-state index contributed by atoms with van der Waals surface area (Å²) in [5.74, 6) is 2.21. The van der Waals surface area contributed by atoms with E-state index in [1.165, 1.54) is 0 Å². The van der Waals surface area contributed by atoms with Gasteiger partial charge in [-0.15, -0.1) is 18.3 Å². The Morgan fingerprint density at radius 3 is 2.89 bits per heavy atom. The van der Waals surface area contributed by atoms with Crippen LogP contribution in [-0.4, -0.2) is 24.4 Å². The third kappa shape index (κ3) is 4.48. The molecule has 0 fully saturated rings. The summed E-state index contributed by atoms with van der Waals surface area (Å²) in [6.45, 7) is 7.82. The first-order chi connectivity index (χ1) is 12.9. The Morgan fingerprint density at radius 2 is 2.15 bits per heavy atom. The molecule has 0 saturated carbocycles. The third-order valence-corrected chi connectivity index (χ3v) is 5.54. The Hall–Kier alpha value is -2.40. The van der Waals surface area contributed by atoms with Crippen LogP contribution in [0, 0.1) is 0 Å². The van der Waals surface area contributed by atoms with Crippen LogP contribution >= 0.6 is 11.8 Å². The van der Waals surface area contributed by atoms with Gasteiger partial charge in [0.25, 0.3) is 5.91 Å². The van der Waals surface area contributed by atoms with Crippen molar-refractivity contribution < 1.29 is 14.3 Å². The highest BCUT2D eigenvalue weighted by molar-refractivity contribution is 7.99. The predicted molar refractivity (Wildman–Crippen MR) is 110 cm³/mol. The zero-order chi connectivity index (χ0) is 19.4. The number of rotatable bonds is 6. The highest BCUT2D eigenvalue weighted by Crippen LogP contribution is 2.41. The lowest BCUT2D eigenvalue weighted by molar-refractivity contribution is 0.0617. The molecule has 0 aromatic heterocycles. The highest BCUT2D eigenvalue weighted by Gasteiger charge is 2.35. The molecule has 2 aromatic rings. The van der Waals surface area contributed by atoms with E-state index in [1.807, 2.05) is 62.4 Å². The molecular weight excluding hydrogens is 358 g/mol. The van der Waals surface area contributed by atoms with E-state index in [-0.39, 0.29) is 17.6 Å². The second kappa shape index (κ2) is 8.09. The summed E-state index contributed by atoms with van der Waals surface area (Å²) < 4.78 is 11.4. The van der Waals surface area contributed by atoms with Crippen molar-refractivity contribution >= 4 is 17.7 Å². The number of methoxy groups -OCH3 is 1. The molecule has 5 heteroatoms. The van der Waals surface area contributed by atoms with Crippen molar-refractivity contribution in [2.75, 3.05) is 12.9 Å². The van der Waals surface area contributed by atoms with Crippen LogP contribution < -0.4 is 14.8 Å². The van der Waals surface area contributed by atoms with Crippen molar-refractivity contribution in [1.82, 2.24) is 5.32 Å². The number of carbonyl (C=O) groups excluding carboxylic acids is 1. The number of fused-ring (bicyclic) bond motifs is 1. The van der Waals surface area contributed by atoms with E-state index in [4.69, 9.17) is 9.47 Å². The van der Waals surface area contributed by atoms with Gasteiger partial charge >= 0.3 is 0 Å². The van der Waals surface area contributed by atoms with Gasteiger partial charge in [0.1, 0.15) is 17.1 Å². The number of hydrogen-bond acceptors (Lipinski definition) is 4. The number of ether oxygens (including phenoxy) is 2. The fourth-order valence-corrected chi connectivity index (χ4v) is 4.04. The SMILES string of the molecule is C=CCSc1ccccc1C(=O)N[C@H]1CC(C)(C)Oc2ccc(OC)cc21. The van der Waals surface area contributed by atoms with Crippen molar-refractivity contribution in [3.05, 3.63) is 66.2 Å². The first-order valence-electron chi connectivity index (χ1n) is 8.94. The Bertz CT molecular complexity index is 847. The van der Waals surface area contributed by atoms with Crippen LogP contribution in [0.15, 0.2) is 60.0 Å². The monoisotopic (exact) mass is 383 g/mol. The second-order valence-electron chi connectivity index (χ2n) is 7.09. The first kappa shape index (κ1) is 19.4. The molecule has 0 bridgehead atoms. The molecule has 142 valence electrons. The molecule has 4 nitrogen and oxygen atoms in total. The Morgan fingerprint density at radius 1 is 1.37 bits per heavy atom. The number of thioether (sulfide) groups is 1. The molecule has 2 aromatic carbocycles. The maximum absolute atomic E-state index is 13.0. The molecule has 1 atom stereocenters. The maximum Gasteiger partial charge on any atom is 0.252 e. The maximum atomic E-state index is 13.0. The van der Waals surface area contributed by atoms with Gasteiger partial charge in [0.15, 0.2) is 0 Å². The molecule has 1 amide bonds. The van der Waals surface area contributed by atoms with Gasteiger partial charge < -0.3 is 14.8 Å². The van der Waals surface area contributed by atoms with Crippen molar-refractivity contribution in [1.29, 1.82) is 0 Å². The molecule has 1 N–H and O–H groups in total. The van der Waals surface area contributed by atoms with E-state index in [9.17, 15) is 4.79 Å². The molecule has 0 saturated heterocycles. The zero-order valence-electron chi connectivity index (χ0n) is 16.0. The standard InChI is InChI=1S/C22H25NO3S/c1-5-12-27-20-9-7-6-8-16(20)21(24)23-18-14-22(2,3)26-19-11-10-15(25-4)13-17(18)19/h5-11,13,18H,1,12,14H2,2-4H3,(H,23,24)/t18-/m0/s1. The summed E-state index contributed by atoms with van der Waals surface area (Å²) in [5.41, 5.74) is 1.26. The van der Waals surface area contributed by atoms with Crippen molar-refractivity contribution in [2.45, 2.75) is 36.8 Å². The molecule has 1 aliphatic heterocycles. The van der Waals surface area contributed by atoms with Crippen molar-refractivity contribution in [2.24, 2.45) is 0 Å². The Balaban J connectivity index is 1.89. The van der Waals surface area contributed by atoms with Crippen LogP contribution in [-0.2, 0) is 0 Å². The topological polar surface area (TPSA) is 47.6 Å². The summed E-state index contributed by atoms with van der Waals surface area (Å²) in [5, 5.41) is 3.20. The van der Waals surface area contributed by atoms with Gasteiger partial charge in [0.2, 0.25) is 0 Å². The minimum absolute atomic E-state index is 0.0846. The predicted octanol–water partition coefficient (Wildman–Crippen LogP) is 5.01. The van der Waals surface area contributed by atoms with E-state index in [2.05, 4.69) is 11.9 Å². The van der Waals surface area contributed by atoms with E-state index in [0.29, 0.717) is 12.0 Å². The summed E-state index contributed by atoms with van der Waals surface area (Å²) in [7, 11) is 1.63. The summed E-state index contributed by atoms with van der Waals surface area (Å²) >= 11 is 1.61. The van der Waals surface area contributed by atoms with Gasteiger partial charge in [-0.05, 0) is 44.2 Å². The summed E-state index contributed by atoms with van der Waals surface area (Å²) in [4.78, 5) is 14.0.